The van der Waals surface area contributed by atoms with Crippen LogP contribution in [0.4, 0.5) is 4.39 Å². The van der Waals surface area contributed by atoms with E-state index in [2.05, 4.69) is 40.1 Å². The number of rotatable bonds is 3. The third-order valence-electron chi connectivity index (χ3n) is 3.26. The third kappa shape index (κ3) is 11.3. The molecule has 0 bridgehead atoms. The first-order valence-corrected chi connectivity index (χ1v) is 10.2. The van der Waals surface area contributed by atoms with Crippen molar-refractivity contribution in [3.05, 3.63) is 34.2 Å². The lowest BCUT2D eigenvalue weighted by Crippen LogP contribution is -2.22. The molecule has 5 heteroatoms. The van der Waals surface area contributed by atoms with Crippen LogP contribution in [0.3, 0.4) is 0 Å². The van der Waals surface area contributed by atoms with Gasteiger partial charge in [0.25, 0.3) is 0 Å². The van der Waals surface area contributed by atoms with E-state index >= 15 is 0 Å². The van der Waals surface area contributed by atoms with Crippen molar-refractivity contribution in [1.29, 1.82) is 0 Å². The van der Waals surface area contributed by atoms with Crippen LogP contribution in [0.25, 0.3) is 10.9 Å². The van der Waals surface area contributed by atoms with Gasteiger partial charge < -0.3 is 10.3 Å². The number of amides is 1. The third-order valence-corrected chi connectivity index (χ3v) is 3.72. The fraction of sp³-hybridized carbons (Fsp3) is 0.571. The Balaban J connectivity index is 0. The Hall–Kier alpha value is -1.36. The fourth-order valence-corrected chi connectivity index (χ4v) is 2.40. The Morgan fingerprint density at radius 1 is 1.19 bits per heavy atom. The van der Waals surface area contributed by atoms with Crippen molar-refractivity contribution in [3.8, 4) is 0 Å². The number of carbonyl (C=O) groups is 1. The standard InChI is InChI=1S/C9H7BrFN.C5H11NO.C5H12.C2H6/c1-5-2-6-3-7(10)4-8(11)9(6)12-5;1-4(2)5(7)6-3;1-3-5-4-2;1-2/h2-4,12H,1H3;4H,1-3H3,(H,6,7);3-5H2,1-2H3;1-2H3. The number of H-pyrrole nitrogens is 1. The Morgan fingerprint density at radius 3 is 2.08 bits per heavy atom. The largest absolute Gasteiger partial charge is 0.359 e. The van der Waals surface area contributed by atoms with Crippen molar-refractivity contribution in [2.24, 2.45) is 5.92 Å². The Bertz CT molecular complexity index is 622. The lowest BCUT2D eigenvalue weighted by Gasteiger charge is -1.98. The number of aromatic nitrogens is 1. The number of carbonyl (C=O) groups excluding carboxylic acids is 1. The number of hydrogen-bond acceptors (Lipinski definition) is 1. The first-order chi connectivity index (χ1) is 12.3. The molecule has 26 heavy (non-hydrogen) atoms. The summed E-state index contributed by atoms with van der Waals surface area (Å²) < 4.78 is 14.0. The minimum absolute atomic E-state index is 0.0972. The minimum atomic E-state index is -0.215. The second-order valence-corrected chi connectivity index (χ2v) is 6.84. The van der Waals surface area contributed by atoms with Gasteiger partial charge in [-0.15, -0.1) is 0 Å². The van der Waals surface area contributed by atoms with Crippen LogP contribution in [0.2, 0.25) is 0 Å². The number of fused-ring (bicyclic) bond motifs is 1. The summed E-state index contributed by atoms with van der Waals surface area (Å²) in [6.45, 7) is 14.1. The molecule has 0 spiro atoms. The smallest absolute Gasteiger partial charge is 0.222 e. The van der Waals surface area contributed by atoms with Crippen LogP contribution in [-0.4, -0.2) is 17.9 Å². The van der Waals surface area contributed by atoms with E-state index < -0.39 is 0 Å². The van der Waals surface area contributed by atoms with E-state index in [9.17, 15) is 9.18 Å². The monoisotopic (exact) mass is 430 g/mol. The number of nitrogens with one attached hydrogen (secondary N) is 2. The van der Waals surface area contributed by atoms with Gasteiger partial charge in [-0.25, -0.2) is 4.39 Å². The number of unbranched alkanes of at least 4 members (excludes halogenated alkanes) is 2. The molecule has 0 saturated heterocycles. The molecule has 0 atom stereocenters. The predicted octanol–water partition coefficient (Wildman–Crippen LogP) is 6.99. The molecule has 1 heterocycles. The van der Waals surface area contributed by atoms with Crippen molar-refractivity contribution >= 4 is 32.7 Å². The predicted molar refractivity (Wildman–Crippen MR) is 116 cm³/mol. The molecule has 0 aliphatic heterocycles. The van der Waals surface area contributed by atoms with E-state index in [-0.39, 0.29) is 17.6 Å². The average Bonchev–Trinajstić information content (AvgIpc) is 2.98. The normalized spacial score (nSPS) is 9.35. The zero-order valence-corrected chi connectivity index (χ0v) is 19.2. The summed E-state index contributed by atoms with van der Waals surface area (Å²) in [6, 6.07) is 5.27. The number of aromatic amines is 1. The highest BCUT2D eigenvalue weighted by Crippen LogP contribution is 2.23. The van der Waals surface area contributed by atoms with E-state index in [4.69, 9.17) is 0 Å². The van der Waals surface area contributed by atoms with Gasteiger partial charge >= 0.3 is 0 Å². The maximum absolute atomic E-state index is 13.2. The molecule has 0 saturated carbocycles. The average molecular weight is 431 g/mol. The van der Waals surface area contributed by atoms with Crippen molar-refractivity contribution in [1.82, 2.24) is 10.3 Å². The molecule has 0 radical (unpaired) electrons. The van der Waals surface area contributed by atoms with Gasteiger partial charge in [0.05, 0.1) is 5.52 Å². The van der Waals surface area contributed by atoms with E-state index in [0.29, 0.717) is 5.52 Å². The summed E-state index contributed by atoms with van der Waals surface area (Å²) in [4.78, 5) is 13.4. The van der Waals surface area contributed by atoms with Gasteiger partial charge in [-0.3, -0.25) is 4.79 Å². The second kappa shape index (κ2) is 15.9. The van der Waals surface area contributed by atoms with Crippen LogP contribution in [0.1, 0.15) is 66.5 Å². The molecule has 1 aromatic carbocycles. The lowest BCUT2D eigenvalue weighted by atomic mass is 10.2. The second-order valence-electron chi connectivity index (χ2n) is 5.93. The molecule has 1 amide bonds. The van der Waals surface area contributed by atoms with Crippen LogP contribution < -0.4 is 5.32 Å². The fourth-order valence-electron chi connectivity index (χ4n) is 1.95. The number of aryl methyl sites for hydroxylation is 1. The maximum atomic E-state index is 13.2. The molecule has 0 aliphatic carbocycles. The molecule has 150 valence electrons. The molecule has 0 fully saturated rings. The van der Waals surface area contributed by atoms with Crippen LogP contribution >= 0.6 is 15.9 Å². The molecular formula is C21H36BrFN2O. The quantitative estimate of drug-likeness (QED) is 0.541. The molecule has 2 aromatic rings. The van der Waals surface area contributed by atoms with Gasteiger partial charge in [0.15, 0.2) is 0 Å². The van der Waals surface area contributed by atoms with Gasteiger partial charge in [0, 0.05) is 28.5 Å². The SMILES string of the molecule is CC.CCCCC.CNC(=O)C(C)C.Cc1cc2cc(Br)cc(F)c2[nH]1. The first-order valence-electron chi connectivity index (χ1n) is 9.42. The highest BCUT2D eigenvalue weighted by molar-refractivity contribution is 9.10. The molecule has 3 nitrogen and oxygen atoms in total. The first kappa shape index (κ1) is 26.9. The van der Waals surface area contributed by atoms with Crippen molar-refractivity contribution in [2.75, 3.05) is 7.05 Å². The van der Waals surface area contributed by atoms with Gasteiger partial charge in [-0.1, -0.05) is 76.7 Å². The Kier molecular flexibility index (Phi) is 16.4. The Morgan fingerprint density at radius 2 is 1.73 bits per heavy atom. The minimum Gasteiger partial charge on any atom is -0.359 e. The zero-order chi connectivity index (χ0) is 20.7. The molecule has 0 aliphatic rings. The van der Waals surface area contributed by atoms with Crippen LogP contribution in [0, 0.1) is 18.7 Å². The highest BCUT2D eigenvalue weighted by atomic mass is 79.9. The Labute approximate surface area is 167 Å². The number of halogens is 2. The summed E-state index contributed by atoms with van der Waals surface area (Å²) >= 11 is 3.24. The molecule has 1 aromatic heterocycles. The number of hydrogen-bond donors (Lipinski definition) is 2. The summed E-state index contributed by atoms with van der Waals surface area (Å²) in [6.07, 6.45) is 4.08. The summed E-state index contributed by atoms with van der Waals surface area (Å²) in [5.41, 5.74) is 1.55. The van der Waals surface area contributed by atoms with Crippen LogP contribution in [-0.2, 0) is 4.79 Å². The van der Waals surface area contributed by atoms with Gasteiger partial charge in [-0.05, 0) is 25.1 Å². The van der Waals surface area contributed by atoms with Gasteiger partial charge in [0.2, 0.25) is 5.91 Å². The molecule has 2 N–H and O–H groups in total. The van der Waals surface area contributed by atoms with E-state index in [1.54, 1.807) is 7.05 Å². The summed E-state index contributed by atoms with van der Waals surface area (Å²) in [5, 5.41) is 3.43. The zero-order valence-electron chi connectivity index (χ0n) is 17.6. The van der Waals surface area contributed by atoms with E-state index in [1.807, 2.05) is 46.8 Å². The lowest BCUT2D eigenvalue weighted by molar-refractivity contribution is -0.123. The topological polar surface area (TPSA) is 44.9 Å². The highest BCUT2D eigenvalue weighted by Gasteiger charge is 2.04. The van der Waals surface area contributed by atoms with Gasteiger partial charge in [0.1, 0.15) is 5.82 Å². The van der Waals surface area contributed by atoms with Crippen molar-refractivity contribution in [2.45, 2.75) is 67.7 Å². The van der Waals surface area contributed by atoms with Crippen LogP contribution in [0.5, 0.6) is 0 Å². The van der Waals surface area contributed by atoms with E-state index in [1.165, 1.54) is 25.3 Å². The van der Waals surface area contributed by atoms with Gasteiger partial charge in [-0.2, -0.15) is 0 Å². The molecular weight excluding hydrogens is 395 g/mol. The van der Waals surface area contributed by atoms with E-state index in [0.717, 1.165) is 15.6 Å². The number of benzene rings is 1. The summed E-state index contributed by atoms with van der Waals surface area (Å²) in [5.74, 6) is -0.00234. The summed E-state index contributed by atoms with van der Waals surface area (Å²) in [7, 11) is 1.64. The molecule has 0 unspecified atom stereocenters. The van der Waals surface area contributed by atoms with Crippen LogP contribution in [0.15, 0.2) is 22.7 Å². The van der Waals surface area contributed by atoms with Crippen molar-refractivity contribution in [3.63, 3.8) is 0 Å². The maximum Gasteiger partial charge on any atom is 0.222 e. The van der Waals surface area contributed by atoms with Crippen molar-refractivity contribution < 1.29 is 9.18 Å². The molecule has 2 rings (SSSR count).